The number of likely N-dealkylation sites (tertiary alicyclic amines) is 1. The summed E-state index contributed by atoms with van der Waals surface area (Å²) in [6.07, 6.45) is 7.79. The number of nitrogens with zero attached hydrogens (tertiary/aromatic N) is 1. The van der Waals surface area contributed by atoms with Crippen LogP contribution < -0.4 is 5.32 Å². The maximum absolute atomic E-state index is 12.7. The van der Waals surface area contributed by atoms with Gasteiger partial charge in [-0.1, -0.05) is 13.3 Å². The van der Waals surface area contributed by atoms with Crippen LogP contribution in [0.2, 0.25) is 0 Å². The Morgan fingerprint density at radius 2 is 2.06 bits per heavy atom. The highest BCUT2D eigenvalue weighted by molar-refractivity contribution is 5.82. The second kappa shape index (κ2) is 4.84. The predicted molar refractivity (Wildman–Crippen MR) is 72.2 cm³/mol. The van der Waals surface area contributed by atoms with Gasteiger partial charge in [-0.15, -0.1) is 0 Å². The number of rotatable bonds is 2. The third-order valence-corrected chi connectivity index (χ3v) is 5.59. The molecule has 3 heteroatoms. The van der Waals surface area contributed by atoms with Crippen LogP contribution in [0.3, 0.4) is 0 Å². The number of likely N-dealkylation sites (N-methyl/N-ethyl adjacent to an activating group) is 1. The Kier molecular flexibility index (Phi) is 3.35. The number of fused-ring (bicyclic) bond motifs is 2. The fraction of sp³-hybridized carbons (Fsp3) is 0.933. The normalized spacial score (nSPS) is 44.4. The van der Waals surface area contributed by atoms with Gasteiger partial charge >= 0.3 is 0 Å². The summed E-state index contributed by atoms with van der Waals surface area (Å²) in [5.41, 5.74) is 0. The Balaban J connectivity index is 1.76. The van der Waals surface area contributed by atoms with Gasteiger partial charge in [0.05, 0.1) is 6.04 Å². The molecule has 1 N–H and O–H groups in total. The van der Waals surface area contributed by atoms with Crippen molar-refractivity contribution in [3.8, 4) is 0 Å². The molecule has 18 heavy (non-hydrogen) atoms. The van der Waals surface area contributed by atoms with Crippen LogP contribution in [0.1, 0.15) is 45.4 Å². The molecule has 0 aromatic rings. The molecule has 1 amide bonds. The lowest BCUT2D eigenvalue weighted by molar-refractivity contribution is -0.137. The Labute approximate surface area is 110 Å². The molecule has 0 radical (unpaired) electrons. The number of carbonyl (C=O) groups excluding carboxylic acids is 1. The SMILES string of the molecule is CNC1C(=O)N(C2CC3CCC2C3)CCCC1C. The smallest absolute Gasteiger partial charge is 0.240 e. The first-order chi connectivity index (χ1) is 8.70. The third kappa shape index (κ3) is 1.97. The summed E-state index contributed by atoms with van der Waals surface area (Å²) in [5.74, 6) is 2.58. The predicted octanol–water partition coefficient (Wildman–Crippen LogP) is 2.02. The average molecular weight is 250 g/mol. The van der Waals surface area contributed by atoms with Crippen molar-refractivity contribution < 1.29 is 4.79 Å². The zero-order valence-electron chi connectivity index (χ0n) is 11.7. The molecular weight excluding hydrogens is 224 g/mol. The molecule has 102 valence electrons. The van der Waals surface area contributed by atoms with Gasteiger partial charge in [0.2, 0.25) is 5.91 Å². The van der Waals surface area contributed by atoms with Crippen LogP contribution in [-0.2, 0) is 4.79 Å². The first-order valence-corrected chi connectivity index (χ1v) is 7.68. The van der Waals surface area contributed by atoms with E-state index in [4.69, 9.17) is 0 Å². The van der Waals surface area contributed by atoms with E-state index in [-0.39, 0.29) is 6.04 Å². The van der Waals surface area contributed by atoms with Gasteiger partial charge in [0, 0.05) is 12.6 Å². The molecule has 5 atom stereocenters. The molecule has 0 aromatic carbocycles. The summed E-state index contributed by atoms with van der Waals surface area (Å²) in [7, 11) is 1.93. The second-order valence-corrected chi connectivity index (χ2v) is 6.66. The van der Waals surface area contributed by atoms with E-state index < -0.39 is 0 Å². The fourth-order valence-corrected chi connectivity index (χ4v) is 4.61. The third-order valence-electron chi connectivity index (χ3n) is 5.59. The monoisotopic (exact) mass is 250 g/mol. The van der Waals surface area contributed by atoms with E-state index in [9.17, 15) is 4.79 Å². The van der Waals surface area contributed by atoms with Gasteiger partial charge in [-0.25, -0.2) is 0 Å². The quantitative estimate of drug-likeness (QED) is 0.813. The molecule has 1 saturated heterocycles. The van der Waals surface area contributed by atoms with E-state index in [1.165, 1.54) is 38.5 Å². The minimum Gasteiger partial charge on any atom is -0.338 e. The summed E-state index contributed by atoms with van der Waals surface area (Å²) >= 11 is 0. The summed E-state index contributed by atoms with van der Waals surface area (Å²) < 4.78 is 0. The van der Waals surface area contributed by atoms with E-state index in [0.29, 0.717) is 17.9 Å². The Bertz CT molecular complexity index is 330. The van der Waals surface area contributed by atoms with Crippen LogP contribution in [0.15, 0.2) is 0 Å². The summed E-state index contributed by atoms with van der Waals surface area (Å²) in [6.45, 7) is 3.21. The highest BCUT2D eigenvalue weighted by Crippen LogP contribution is 2.47. The molecule has 5 unspecified atom stereocenters. The fourth-order valence-electron chi connectivity index (χ4n) is 4.61. The van der Waals surface area contributed by atoms with E-state index >= 15 is 0 Å². The molecule has 3 nitrogen and oxygen atoms in total. The molecule has 2 bridgehead atoms. The van der Waals surface area contributed by atoms with Gasteiger partial charge in [0.15, 0.2) is 0 Å². The summed E-state index contributed by atoms with van der Waals surface area (Å²) in [5, 5.41) is 3.25. The van der Waals surface area contributed by atoms with Crippen LogP contribution >= 0.6 is 0 Å². The lowest BCUT2D eigenvalue weighted by Gasteiger charge is -2.36. The van der Waals surface area contributed by atoms with Crippen LogP contribution in [0, 0.1) is 17.8 Å². The van der Waals surface area contributed by atoms with Crippen molar-refractivity contribution in [2.24, 2.45) is 17.8 Å². The van der Waals surface area contributed by atoms with Crippen LogP contribution in [0.4, 0.5) is 0 Å². The topological polar surface area (TPSA) is 32.3 Å². The van der Waals surface area contributed by atoms with Crippen molar-refractivity contribution in [2.75, 3.05) is 13.6 Å². The van der Waals surface area contributed by atoms with Gasteiger partial charge in [-0.2, -0.15) is 0 Å². The molecule has 3 aliphatic rings. The van der Waals surface area contributed by atoms with Crippen molar-refractivity contribution >= 4 is 5.91 Å². The molecule has 0 aromatic heterocycles. The van der Waals surface area contributed by atoms with Crippen LogP contribution in [0.25, 0.3) is 0 Å². The van der Waals surface area contributed by atoms with Gasteiger partial charge in [-0.05, 0) is 56.9 Å². The highest BCUT2D eigenvalue weighted by atomic mass is 16.2. The molecule has 0 spiro atoms. The molecule has 1 heterocycles. The lowest BCUT2D eigenvalue weighted by Crippen LogP contribution is -2.51. The van der Waals surface area contributed by atoms with E-state index in [2.05, 4.69) is 17.1 Å². The first-order valence-electron chi connectivity index (χ1n) is 7.68. The van der Waals surface area contributed by atoms with E-state index in [1.807, 2.05) is 7.05 Å². The van der Waals surface area contributed by atoms with Crippen molar-refractivity contribution in [1.29, 1.82) is 0 Å². The zero-order chi connectivity index (χ0) is 12.7. The highest BCUT2D eigenvalue weighted by Gasteiger charge is 2.45. The maximum atomic E-state index is 12.7. The van der Waals surface area contributed by atoms with Crippen molar-refractivity contribution in [3.63, 3.8) is 0 Å². The molecule has 2 saturated carbocycles. The molecule has 2 aliphatic carbocycles. The van der Waals surface area contributed by atoms with Gasteiger partial charge in [0.25, 0.3) is 0 Å². The number of hydrogen-bond acceptors (Lipinski definition) is 2. The second-order valence-electron chi connectivity index (χ2n) is 6.66. The molecule has 3 rings (SSSR count). The number of carbonyl (C=O) groups is 1. The largest absolute Gasteiger partial charge is 0.338 e. The minimum atomic E-state index is 0.0478. The zero-order valence-corrected chi connectivity index (χ0v) is 11.7. The first kappa shape index (κ1) is 12.5. The van der Waals surface area contributed by atoms with Crippen molar-refractivity contribution in [1.82, 2.24) is 10.2 Å². The van der Waals surface area contributed by atoms with Crippen LogP contribution in [-0.4, -0.2) is 36.5 Å². The maximum Gasteiger partial charge on any atom is 0.240 e. The number of amides is 1. The molecule has 3 fully saturated rings. The lowest BCUT2D eigenvalue weighted by atomic mass is 9.93. The summed E-state index contributed by atoms with van der Waals surface area (Å²) in [6, 6.07) is 0.615. The Morgan fingerprint density at radius 1 is 1.22 bits per heavy atom. The van der Waals surface area contributed by atoms with Gasteiger partial charge in [0.1, 0.15) is 0 Å². The number of hydrogen-bond donors (Lipinski definition) is 1. The van der Waals surface area contributed by atoms with Gasteiger partial charge in [-0.3, -0.25) is 4.79 Å². The van der Waals surface area contributed by atoms with Crippen molar-refractivity contribution in [2.45, 2.75) is 57.5 Å². The van der Waals surface area contributed by atoms with E-state index in [1.54, 1.807) is 0 Å². The number of nitrogens with one attached hydrogen (secondary N) is 1. The Hall–Kier alpha value is -0.570. The Morgan fingerprint density at radius 3 is 2.67 bits per heavy atom. The van der Waals surface area contributed by atoms with E-state index in [0.717, 1.165) is 18.4 Å². The molecular formula is C15H26N2O. The minimum absolute atomic E-state index is 0.0478. The van der Waals surface area contributed by atoms with Crippen LogP contribution in [0.5, 0.6) is 0 Å². The average Bonchev–Trinajstić information content (AvgIpc) is 2.94. The van der Waals surface area contributed by atoms with Crippen molar-refractivity contribution in [3.05, 3.63) is 0 Å². The van der Waals surface area contributed by atoms with Gasteiger partial charge < -0.3 is 10.2 Å². The summed E-state index contributed by atoms with van der Waals surface area (Å²) in [4.78, 5) is 15.0. The standard InChI is InChI=1S/C15H26N2O/c1-10-4-3-7-17(15(18)14(10)16-2)13-9-11-5-6-12(13)8-11/h10-14,16H,3-9H2,1-2H3. The molecule has 1 aliphatic heterocycles.